The van der Waals surface area contributed by atoms with Crippen LogP contribution in [0.25, 0.3) is 38.8 Å². The molecule has 3 heterocycles. The molecule has 0 fully saturated rings. The summed E-state index contributed by atoms with van der Waals surface area (Å²) in [5.74, 6) is 2.05. The minimum absolute atomic E-state index is 0. The molecule has 6 aromatic carbocycles. The first-order valence-electron chi connectivity index (χ1n) is 22.4. The van der Waals surface area contributed by atoms with E-state index >= 15 is 0 Å². The second kappa shape index (κ2) is 17.1. The van der Waals surface area contributed by atoms with E-state index in [1.165, 1.54) is 22.4 Å². The number of aromatic nitrogens is 2. The number of hydrogen-bond donors (Lipinski definition) is 0. The van der Waals surface area contributed by atoms with Crippen LogP contribution in [-0.4, -0.2) is 9.55 Å². The Bertz CT molecular complexity index is 3030. The van der Waals surface area contributed by atoms with Crippen molar-refractivity contribution in [1.82, 2.24) is 9.55 Å². The summed E-state index contributed by atoms with van der Waals surface area (Å²) in [6, 6.07) is 57.1. The summed E-state index contributed by atoms with van der Waals surface area (Å²) in [7, 11) is 0. The number of hydrogen-bond acceptors (Lipinski definition) is 4. The van der Waals surface area contributed by atoms with E-state index < -0.39 is 5.41 Å². The van der Waals surface area contributed by atoms with Crippen molar-refractivity contribution in [3.63, 3.8) is 0 Å². The van der Waals surface area contributed by atoms with Crippen LogP contribution in [0.15, 0.2) is 158 Å². The molecule has 65 heavy (non-hydrogen) atoms. The van der Waals surface area contributed by atoms with Crippen molar-refractivity contribution in [1.29, 1.82) is 0 Å². The third kappa shape index (κ3) is 8.93. The Balaban J connectivity index is 0.00000576. The van der Waals surface area contributed by atoms with Crippen LogP contribution < -0.4 is 14.5 Å². The summed E-state index contributed by atoms with van der Waals surface area (Å²) >= 11 is 0. The zero-order valence-corrected chi connectivity index (χ0v) is 41.8. The van der Waals surface area contributed by atoms with Crippen molar-refractivity contribution in [3.05, 3.63) is 199 Å². The van der Waals surface area contributed by atoms with Crippen molar-refractivity contribution in [2.75, 3.05) is 9.80 Å². The Labute approximate surface area is 401 Å². The predicted octanol–water partition coefficient (Wildman–Crippen LogP) is 15.5. The fourth-order valence-electron chi connectivity index (χ4n) is 8.86. The number of nitrogens with zero attached hydrogens (tertiary/aromatic N) is 4. The first-order valence-corrected chi connectivity index (χ1v) is 22.4. The number of rotatable bonds is 8. The van der Waals surface area contributed by atoms with Crippen LogP contribution in [0.1, 0.15) is 98.4 Å². The van der Waals surface area contributed by atoms with Crippen LogP contribution in [0, 0.1) is 24.2 Å². The molecule has 0 atom stereocenters. The number of fused-ring (bicyclic) bond motifs is 3. The van der Waals surface area contributed by atoms with Gasteiger partial charge in [-0.15, -0.1) is 53.8 Å². The summed E-state index contributed by atoms with van der Waals surface area (Å²) in [5.41, 5.74) is 11.5. The number of benzene rings is 6. The van der Waals surface area contributed by atoms with Gasteiger partial charge in [-0.1, -0.05) is 178 Å². The van der Waals surface area contributed by atoms with Gasteiger partial charge < -0.3 is 19.1 Å². The number of anilines is 2. The van der Waals surface area contributed by atoms with Gasteiger partial charge >= 0.3 is 0 Å². The second-order valence-corrected chi connectivity index (χ2v) is 20.8. The zero-order chi connectivity index (χ0) is 45.2. The molecule has 5 nitrogen and oxygen atoms in total. The average Bonchev–Trinajstić information content (AvgIpc) is 3.87. The Morgan fingerprint density at radius 1 is 0.569 bits per heavy atom. The summed E-state index contributed by atoms with van der Waals surface area (Å²) in [6.45, 7) is 27.1. The Morgan fingerprint density at radius 3 is 1.89 bits per heavy atom. The molecule has 0 radical (unpaired) electrons. The van der Waals surface area contributed by atoms with Gasteiger partial charge in [0.15, 0.2) is 0 Å². The number of ether oxygens (including phenoxy) is 1. The van der Waals surface area contributed by atoms with Crippen LogP contribution in [-0.2, 0) is 37.3 Å². The van der Waals surface area contributed by atoms with Crippen LogP contribution in [0.2, 0.25) is 0 Å². The Kier molecular flexibility index (Phi) is 12.0. The van der Waals surface area contributed by atoms with Crippen LogP contribution in [0.3, 0.4) is 0 Å². The number of pyridine rings is 1. The van der Waals surface area contributed by atoms with Gasteiger partial charge in [-0.25, -0.2) is 4.98 Å². The zero-order valence-electron chi connectivity index (χ0n) is 39.5. The molecular formula is C59H59N4OPt-3. The smallest absolute Gasteiger partial charge is 0.135 e. The SMILES string of the molecule is CC(C)(C)C1=CN(c2[c-]c(Oc3[c-]c4c(c(C(C)(C)c5ccccc5)c3)c3ccccc3n4-c3cc(C(C)(C)C)ccn3)cc(-c3ccccc3)c2)[CH-]N1c1cccc(C(C)(C)C)c1.[Pt]. The third-order valence-electron chi connectivity index (χ3n) is 12.6. The van der Waals surface area contributed by atoms with E-state index in [-0.39, 0.29) is 37.3 Å². The fraction of sp³-hybridized carbons (Fsp3) is 0.254. The maximum atomic E-state index is 7.12. The molecule has 0 amide bonds. The van der Waals surface area contributed by atoms with E-state index in [1.54, 1.807) is 0 Å². The first-order chi connectivity index (χ1) is 30.4. The Hall–Kier alpha value is -5.90. The molecule has 334 valence electrons. The van der Waals surface area contributed by atoms with Crippen LogP contribution >= 0.6 is 0 Å². The molecule has 8 aromatic rings. The van der Waals surface area contributed by atoms with Gasteiger partial charge in [0, 0.05) is 61.1 Å². The summed E-state index contributed by atoms with van der Waals surface area (Å²) in [4.78, 5) is 9.51. The van der Waals surface area contributed by atoms with Gasteiger partial charge in [0.2, 0.25) is 0 Å². The van der Waals surface area contributed by atoms with Gasteiger partial charge in [-0.2, -0.15) is 0 Å². The second-order valence-electron chi connectivity index (χ2n) is 20.8. The van der Waals surface area contributed by atoms with E-state index in [1.807, 2.05) is 6.20 Å². The normalized spacial score (nSPS) is 13.6. The fourth-order valence-corrected chi connectivity index (χ4v) is 8.86. The van der Waals surface area contributed by atoms with Crippen molar-refractivity contribution in [2.45, 2.75) is 92.4 Å². The van der Waals surface area contributed by atoms with Crippen molar-refractivity contribution >= 4 is 33.2 Å². The predicted molar refractivity (Wildman–Crippen MR) is 267 cm³/mol. The molecule has 0 N–H and O–H groups in total. The molecule has 0 spiro atoms. The first kappa shape index (κ1) is 45.7. The van der Waals surface area contributed by atoms with E-state index in [9.17, 15) is 0 Å². The van der Waals surface area contributed by atoms with Gasteiger partial charge in [-0.05, 0) is 80.4 Å². The minimum atomic E-state index is -0.407. The van der Waals surface area contributed by atoms with Gasteiger partial charge in [0.05, 0.1) is 0 Å². The summed E-state index contributed by atoms with van der Waals surface area (Å²) in [5, 5.41) is 2.27. The molecule has 0 aliphatic carbocycles. The van der Waals surface area contributed by atoms with Crippen LogP contribution in [0.4, 0.5) is 11.4 Å². The van der Waals surface area contributed by atoms with Gasteiger partial charge in [0.1, 0.15) is 5.82 Å². The van der Waals surface area contributed by atoms with E-state index in [4.69, 9.17) is 9.72 Å². The monoisotopic (exact) mass is 1030 g/mol. The quantitative estimate of drug-likeness (QED) is 0.142. The molecule has 0 saturated heterocycles. The van der Waals surface area contributed by atoms with E-state index in [2.05, 4.69) is 255 Å². The van der Waals surface area contributed by atoms with Crippen LogP contribution in [0.5, 0.6) is 11.5 Å². The molecule has 1 aliphatic rings. The number of para-hydroxylation sites is 1. The largest absolute Gasteiger partial charge is 0.509 e. The maximum absolute atomic E-state index is 7.12. The van der Waals surface area contributed by atoms with E-state index in [0.29, 0.717) is 11.5 Å². The summed E-state index contributed by atoms with van der Waals surface area (Å²) < 4.78 is 9.38. The maximum Gasteiger partial charge on any atom is 0.135 e. The van der Waals surface area contributed by atoms with Crippen molar-refractivity contribution in [2.24, 2.45) is 5.41 Å². The van der Waals surface area contributed by atoms with Crippen molar-refractivity contribution < 1.29 is 25.8 Å². The molecular weight excluding hydrogens is 976 g/mol. The molecule has 9 rings (SSSR count). The molecule has 1 aliphatic heterocycles. The molecule has 0 saturated carbocycles. The third-order valence-corrected chi connectivity index (χ3v) is 12.6. The minimum Gasteiger partial charge on any atom is -0.509 e. The molecule has 6 heteroatoms. The van der Waals surface area contributed by atoms with E-state index in [0.717, 1.165) is 55.7 Å². The molecule has 0 bridgehead atoms. The topological polar surface area (TPSA) is 33.5 Å². The summed E-state index contributed by atoms with van der Waals surface area (Å²) in [6.07, 6.45) is 4.17. The number of allylic oxidation sites excluding steroid dienone is 1. The van der Waals surface area contributed by atoms with Crippen molar-refractivity contribution in [3.8, 4) is 28.4 Å². The molecule has 2 aromatic heterocycles. The molecule has 0 unspecified atom stereocenters. The average molecular weight is 1040 g/mol. The van der Waals surface area contributed by atoms with Gasteiger partial charge in [0.25, 0.3) is 0 Å². The standard InChI is InChI=1S/C59H59N4O.Pt/c1-56(2,3)43-25-20-26-45(33-43)62-39-61(38-53(62)58(7,8)9)46-31-41(40-21-14-12-15-22-40)32-47(35-46)64-48-36-50(59(10,11)42-23-16-13-17-24-42)55-49-27-18-19-28-51(49)63(52(55)37-48)54-34-44(29-30-60-54)57(4,5)6;/h12-34,36,38-39H,1-11H3;/q-3;. The van der Waals surface area contributed by atoms with Gasteiger partial charge in [-0.3, -0.25) is 0 Å². The Morgan fingerprint density at radius 2 is 1.20 bits per heavy atom.